The highest BCUT2D eigenvalue weighted by Gasteiger charge is 2.17. The van der Waals surface area contributed by atoms with Crippen molar-refractivity contribution >= 4 is 60.6 Å². The van der Waals surface area contributed by atoms with E-state index in [4.69, 9.17) is 16.0 Å². The molecule has 0 saturated carbocycles. The van der Waals surface area contributed by atoms with E-state index in [1.807, 2.05) is 43.3 Å². The molecule has 4 aromatic carbocycles. The maximum Gasteiger partial charge on any atom is 0.291 e. The van der Waals surface area contributed by atoms with Crippen LogP contribution in [-0.2, 0) is 10.0 Å². The van der Waals surface area contributed by atoms with Gasteiger partial charge in [0.2, 0.25) is 0 Å². The summed E-state index contributed by atoms with van der Waals surface area (Å²) in [6.45, 7) is 1.83. The SMILES string of the molecule is Cc1ccc(NS(=O)(=O)c2ccc(NC(=O)c3cc4c(ccc5ccccc54)o3)cc2)cc1Cl. The van der Waals surface area contributed by atoms with Gasteiger partial charge in [-0.1, -0.05) is 48.0 Å². The van der Waals surface area contributed by atoms with Crippen LogP contribution in [0, 0.1) is 6.92 Å². The molecule has 1 amide bonds. The molecule has 6 nitrogen and oxygen atoms in total. The third-order valence-corrected chi connectivity index (χ3v) is 7.30. The number of carbonyl (C=O) groups is 1. The van der Waals surface area contributed by atoms with Crippen LogP contribution in [-0.4, -0.2) is 14.3 Å². The van der Waals surface area contributed by atoms with Gasteiger partial charge in [0.25, 0.3) is 15.9 Å². The molecule has 34 heavy (non-hydrogen) atoms. The molecule has 5 aromatic rings. The standard InChI is InChI=1S/C26H19ClN2O4S/c1-16-6-8-19(14-23(16)27)29-34(31,32)20-11-9-18(10-12-20)28-26(30)25-15-22-21-5-3-2-4-17(21)7-13-24(22)33-25/h2-15,29H,1H3,(H,28,30). The largest absolute Gasteiger partial charge is 0.451 e. The highest BCUT2D eigenvalue weighted by molar-refractivity contribution is 7.92. The number of hydrogen-bond acceptors (Lipinski definition) is 4. The number of rotatable bonds is 5. The minimum absolute atomic E-state index is 0.0532. The van der Waals surface area contributed by atoms with E-state index < -0.39 is 15.9 Å². The van der Waals surface area contributed by atoms with Crippen molar-refractivity contribution < 1.29 is 17.6 Å². The van der Waals surface area contributed by atoms with Gasteiger partial charge in [-0.3, -0.25) is 9.52 Å². The van der Waals surface area contributed by atoms with Crippen LogP contribution in [0.15, 0.2) is 94.2 Å². The number of carbonyl (C=O) groups excluding carboxylic acids is 1. The minimum Gasteiger partial charge on any atom is -0.451 e. The maximum absolute atomic E-state index is 12.8. The molecular formula is C26H19ClN2O4S. The molecule has 1 heterocycles. The first-order valence-corrected chi connectivity index (χ1v) is 12.3. The molecule has 8 heteroatoms. The van der Waals surface area contributed by atoms with Crippen molar-refractivity contribution in [2.24, 2.45) is 0 Å². The Balaban J connectivity index is 1.34. The Hall–Kier alpha value is -3.81. The molecule has 0 spiro atoms. The van der Waals surface area contributed by atoms with Gasteiger partial charge in [-0.2, -0.15) is 0 Å². The Bertz CT molecular complexity index is 1660. The van der Waals surface area contributed by atoms with Crippen molar-refractivity contribution in [2.45, 2.75) is 11.8 Å². The third kappa shape index (κ3) is 4.23. The van der Waals surface area contributed by atoms with Crippen molar-refractivity contribution in [3.8, 4) is 0 Å². The highest BCUT2D eigenvalue weighted by Crippen LogP contribution is 2.29. The van der Waals surface area contributed by atoms with E-state index >= 15 is 0 Å². The van der Waals surface area contributed by atoms with Gasteiger partial charge >= 0.3 is 0 Å². The molecule has 2 N–H and O–H groups in total. The second-order valence-corrected chi connectivity index (χ2v) is 9.95. The number of furan rings is 1. The molecule has 0 aliphatic rings. The maximum atomic E-state index is 12.8. The van der Waals surface area contributed by atoms with Crippen molar-refractivity contribution in [3.63, 3.8) is 0 Å². The molecular weight excluding hydrogens is 472 g/mol. The second kappa shape index (κ2) is 8.52. The summed E-state index contributed by atoms with van der Waals surface area (Å²) in [7, 11) is -3.82. The summed E-state index contributed by atoms with van der Waals surface area (Å²) in [5, 5.41) is 6.12. The number of benzene rings is 4. The number of anilines is 2. The summed E-state index contributed by atoms with van der Waals surface area (Å²) in [6, 6.07) is 24.2. The van der Waals surface area contributed by atoms with Gasteiger partial charge < -0.3 is 9.73 Å². The summed E-state index contributed by atoms with van der Waals surface area (Å²) >= 11 is 6.08. The van der Waals surface area contributed by atoms with Crippen LogP contribution in [0.25, 0.3) is 21.7 Å². The molecule has 0 aliphatic carbocycles. The van der Waals surface area contributed by atoms with Crippen LogP contribution in [0.3, 0.4) is 0 Å². The summed E-state index contributed by atoms with van der Waals surface area (Å²) in [5.41, 5.74) is 2.27. The summed E-state index contributed by atoms with van der Waals surface area (Å²) in [6.07, 6.45) is 0. The number of halogens is 1. The van der Waals surface area contributed by atoms with Crippen molar-refractivity contribution in [3.05, 3.63) is 101 Å². The van der Waals surface area contributed by atoms with E-state index in [9.17, 15) is 13.2 Å². The number of fused-ring (bicyclic) bond motifs is 3. The lowest BCUT2D eigenvalue weighted by Gasteiger charge is -2.10. The average molecular weight is 491 g/mol. The van der Waals surface area contributed by atoms with E-state index in [1.54, 1.807) is 24.3 Å². The number of sulfonamides is 1. The van der Waals surface area contributed by atoms with Gasteiger partial charge in [-0.05, 0) is 71.8 Å². The molecule has 5 rings (SSSR count). The molecule has 170 valence electrons. The van der Waals surface area contributed by atoms with Gasteiger partial charge in [0.1, 0.15) is 5.58 Å². The predicted octanol–water partition coefficient (Wildman–Crippen LogP) is 6.60. The quantitative estimate of drug-likeness (QED) is 0.290. The first-order valence-electron chi connectivity index (χ1n) is 10.4. The molecule has 0 bridgehead atoms. The topological polar surface area (TPSA) is 88.4 Å². The Morgan fingerprint density at radius 2 is 1.59 bits per heavy atom. The fourth-order valence-corrected chi connectivity index (χ4v) is 4.91. The lowest BCUT2D eigenvalue weighted by Crippen LogP contribution is -2.14. The van der Waals surface area contributed by atoms with Crippen molar-refractivity contribution in [2.75, 3.05) is 10.0 Å². The molecule has 0 saturated heterocycles. The van der Waals surface area contributed by atoms with Crippen LogP contribution in [0.1, 0.15) is 16.1 Å². The first-order chi connectivity index (χ1) is 16.3. The summed E-state index contributed by atoms with van der Waals surface area (Å²) in [4.78, 5) is 12.8. The molecule has 0 aliphatic heterocycles. The van der Waals surface area contributed by atoms with Crippen molar-refractivity contribution in [1.29, 1.82) is 0 Å². The average Bonchev–Trinajstić information content (AvgIpc) is 3.27. The molecule has 1 aromatic heterocycles. The van der Waals surface area contributed by atoms with Gasteiger partial charge in [0.05, 0.1) is 10.6 Å². The fourth-order valence-electron chi connectivity index (χ4n) is 3.68. The number of hydrogen-bond donors (Lipinski definition) is 2. The summed E-state index contributed by atoms with van der Waals surface area (Å²) < 4.78 is 33.7. The van der Waals surface area contributed by atoms with Gasteiger partial charge in [-0.15, -0.1) is 0 Å². The van der Waals surface area contributed by atoms with E-state index in [-0.39, 0.29) is 10.7 Å². The molecule has 0 unspecified atom stereocenters. The van der Waals surface area contributed by atoms with E-state index in [0.29, 0.717) is 22.0 Å². The molecule has 0 atom stereocenters. The lowest BCUT2D eigenvalue weighted by atomic mass is 10.1. The number of aryl methyl sites for hydroxylation is 1. The minimum atomic E-state index is -3.82. The zero-order chi connectivity index (χ0) is 23.9. The Morgan fingerprint density at radius 1 is 0.853 bits per heavy atom. The Morgan fingerprint density at radius 3 is 2.35 bits per heavy atom. The molecule has 0 fully saturated rings. The van der Waals surface area contributed by atoms with Crippen LogP contribution < -0.4 is 10.0 Å². The Labute approximate surface area is 201 Å². The zero-order valence-electron chi connectivity index (χ0n) is 18.0. The lowest BCUT2D eigenvalue weighted by molar-refractivity contribution is 0.0998. The van der Waals surface area contributed by atoms with E-state index in [2.05, 4.69) is 10.0 Å². The normalized spacial score (nSPS) is 11.6. The van der Waals surface area contributed by atoms with E-state index in [0.717, 1.165) is 21.7 Å². The third-order valence-electron chi connectivity index (χ3n) is 5.50. The van der Waals surface area contributed by atoms with Gasteiger partial charge in [-0.25, -0.2) is 8.42 Å². The van der Waals surface area contributed by atoms with Crippen LogP contribution >= 0.6 is 11.6 Å². The van der Waals surface area contributed by atoms with E-state index in [1.165, 1.54) is 24.3 Å². The molecule has 0 radical (unpaired) electrons. The number of amides is 1. The Kier molecular flexibility index (Phi) is 5.51. The van der Waals surface area contributed by atoms with Gasteiger partial charge in [0.15, 0.2) is 5.76 Å². The highest BCUT2D eigenvalue weighted by atomic mass is 35.5. The van der Waals surface area contributed by atoms with Crippen LogP contribution in [0.4, 0.5) is 11.4 Å². The zero-order valence-corrected chi connectivity index (χ0v) is 19.6. The van der Waals surface area contributed by atoms with Crippen LogP contribution in [0.2, 0.25) is 5.02 Å². The number of nitrogens with one attached hydrogen (secondary N) is 2. The predicted molar refractivity (Wildman–Crippen MR) is 135 cm³/mol. The smallest absolute Gasteiger partial charge is 0.291 e. The first kappa shape index (κ1) is 22.0. The second-order valence-electron chi connectivity index (χ2n) is 7.86. The fraction of sp³-hybridized carbons (Fsp3) is 0.0385. The van der Waals surface area contributed by atoms with Crippen LogP contribution in [0.5, 0.6) is 0 Å². The van der Waals surface area contributed by atoms with Crippen molar-refractivity contribution in [1.82, 2.24) is 0 Å². The summed E-state index contributed by atoms with van der Waals surface area (Å²) in [5.74, 6) is -0.260. The van der Waals surface area contributed by atoms with Gasteiger partial charge in [0, 0.05) is 16.1 Å². The monoisotopic (exact) mass is 490 g/mol.